The monoisotopic (exact) mass is 237 g/mol. The van der Waals surface area contributed by atoms with Crippen molar-refractivity contribution in [2.75, 3.05) is 20.8 Å². The van der Waals surface area contributed by atoms with Gasteiger partial charge in [0.25, 0.3) is 0 Å². The lowest BCUT2D eigenvalue weighted by Gasteiger charge is -2.22. The smallest absolute Gasteiger partial charge is 0.122 e. The predicted octanol–water partition coefficient (Wildman–Crippen LogP) is 2.79. The molecule has 96 valence electrons. The molecule has 0 fully saturated rings. The SMILES string of the molecule is COc1ccc(OC)c(C(C)C(C)CCN)c1. The normalized spacial score (nSPS) is 14.2. The first-order valence-electron chi connectivity index (χ1n) is 6.06. The van der Waals surface area contributed by atoms with Crippen LogP contribution in [0.15, 0.2) is 18.2 Å². The lowest BCUT2D eigenvalue weighted by Crippen LogP contribution is -2.12. The fraction of sp³-hybridized carbons (Fsp3) is 0.571. The zero-order valence-corrected chi connectivity index (χ0v) is 11.2. The van der Waals surface area contributed by atoms with Crippen LogP contribution in [0.1, 0.15) is 31.7 Å². The molecular formula is C14H23NO2. The van der Waals surface area contributed by atoms with Crippen molar-refractivity contribution in [1.29, 1.82) is 0 Å². The van der Waals surface area contributed by atoms with Gasteiger partial charge in [0.05, 0.1) is 14.2 Å². The Morgan fingerprint density at radius 3 is 2.41 bits per heavy atom. The van der Waals surface area contributed by atoms with Gasteiger partial charge in [0.1, 0.15) is 11.5 Å². The Labute approximate surface area is 104 Å². The molecule has 3 nitrogen and oxygen atoms in total. The van der Waals surface area contributed by atoms with Crippen molar-refractivity contribution < 1.29 is 9.47 Å². The van der Waals surface area contributed by atoms with Crippen LogP contribution in [0.4, 0.5) is 0 Å². The first kappa shape index (κ1) is 13.8. The van der Waals surface area contributed by atoms with Gasteiger partial charge in [-0.15, -0.1) is 0 Å². The van der Waals surface area contributed by atoms with Crippen LogP contribution < -0.4 is 15.2 Å². The quantitative estimate of drug-likeness (QED) is 0.827. The van der Waals surface area contributed by atoms with Crippen molar-refractivity contribution >= 4 is 0 Å². The summed E-state index contributed by atoms with van der Waals surface area (Å²) in [5.74, 6) is 2.72. The van der Waals surface area contributed by atoms with E-state index in [-0.39, 0.29) is 0 Å². The minimum absolute atomic E-state index is 0.406. The van der Waals surface area contributed by atoms with Gasteiger partial charge >= 0.3 is 0 Å². The molecule has 0 aliphatic rings. The maximum Gasteiger partial charge on any atom is 0.122 e. The van der Waals surface area contributed by atoms with E-state index in [1.165, 1.54) is 5.56 Å². The highest BCUT2D eigenvalue weighted by Crippen LogP contribution is 2.35. The molecule has 0 aromatic heterocycles. The van der Waals surface area contributed by atoms with Crippen LogP contribution >= 0.6 is 0 Å². The molecule has 1 aromatic rings. The third kappa shape index (κ3) is 3.37. The van der Waals surface area contributed by atoms with E-state index in [4.69, 9.17) is 15.2 Å². The van der Waals surface area contributed by atoms with Gasteiger partial charge < -0.3 is 15.2 Å². The van der Waals surface area contributed by atoms with E-state index < -0.39 is 0 Å². The summed E-state index contributed by atoms with van der Waals surface area (Å²) in [6.45, 7) is 5.14. The molecule has 0 radical (unpaired) electrons. The molecule has 0 saturated carbocycles. The number of nitrogens with two attached hydrogens (primary N) is 1. The van der Waals surface area contributed by atoms with Crippen LogP contribution in [0.25, 0.3) is 0 Å². The van der Waals surface area contributed by atoms with Crippen molar-refractivity contribution in [2.24, 2.45) is 11.7 Å². The Balaban J connectivity index is 3.00. The molecule has 0 spiro atoms. The molecule has 1 aromatic carbocycles. The van der Waals surface area contributed by atoms with Gasteiger partial charge in [0.2, 0.25) is 0 Å². The van der Waals surface area contributed by atoms with Crippen molar-refractivity contribution in [3.8, 4) is 11.5 Å². The van der Waals surface area contributed by atoms with Gasteiger partial charge in [-0.3, -0.25) is 0 Å². The van der Waals surface area contributed by atoms with E-state index in [9.17, 15) is 0 Å². The Hall–Kier alpha value is -1.22. The zero-order chi connectivity index (χ0) is 12.8. The number of methoxy groups -OCH3 is 2. The highest BCUT2D eigenvalue weighted by molar-refractivity contribution is 5.42. The predicted molar refractivity (Wildman–Crippen MR) is 70.8 cm³/mol. The molecule has 3 heteroatoms. The topological polar surface area (TPSA) is 44.5 Å². The van der Waals surface area contributed by atoms with Crippen LogP contribution in [-0.4, -0.2) is 20.8 Å². The van der Waals surface area contributed by atoms with Crippen molar-refractivity contribution in [3.63, 3.8) is 0 Å². The maximum atomic E-state index is 5.62. The summed E-state index contributed by atoms with van der Waals surface area (Å²) in [5.41, 5.74) is 6.80. The minimum Gasteiger partial charge on any atom is -0.497 e. The van der Waals surface area contributed by atoms with Crippen LogP contribution in [0.3, 0.4) is 0 Å². The lowest BCUT2D eigenvalue weighted by atomic mass is 9.86. The molecule has 2 N–H and O–H groups in total. The second-order valence-electron chi connectivity index (χ2n) is 4.45. The van der Waals surface area contributed by atoms with Gasteiger partial charge in [0, 0.05) is 5.56 Å². The number of benzene rings is 1. The third-order valence-electron chi connectivity index (χ3n) is 3.40. The van der Waals surface area contributed by atoms with Gasteiger partial charge in [-0.25, -0.2) is 0 Å². The average molecular weight is 237 g/mol. The second kappa shape index (κ2) is 6.50. The van der Waals surface area contributed by atoms with Gasteiger partial charge in [-0.1, -0.05) is 13.8 Å². The Morgan fingerprint density at radius 2 is 1.88 bits per heavy atom. The molecule has 0 aliphatic carbocycles. The van der Waals surface area contributed by atoms with E-state index in [1.54, 1.807) is 14.2 Å². The fourth-order valence-electron chi connectivity index (χ4n) is 2.01. The summed E-state index contributed by atoms with van der Waals surface area (Å²) in [4.78, 5) is 0. The van der Waals surface area contributed by atoms with Crippen LogP contribution in [0.5, 0.6) is 11.5 Å². The summed E-state index contributed by atoms with van der Waals surface area (Å²) in [7, 11) is 3.38. The number of hydrogen-bond acceptors (Lipinski definition) is 3. The first-order valence-corrected chi connectivity index (χ1v) is 6.06. The highest BCUT2D eigenvalue weighted by atomic mass is 16.5. The maximum absolute atomic E-state index is 5.62. The molecule has 1 rings (SSSR count). The lowest BCUT2D eigenvalue weighted by molar-refractivity contribution is 0.382. The summed E-state index contributed by atoms with van der Waals surface area (Å²) in [6, 6.07) is 5.93. The van der Waals surface area contributed by atoms with E-state index in [0.717, 1.165) is 24.5 Å². The first-order chi connectivity index (χ1) is 8.13. The van der Waals surface area contributed by atoms with Crippen molar-refractivity contribution in [1.82, 2.24) is 0 Å². The van der Waals surface area contributed by atoms with Gasteiger partial charge in [-0.2, -0.15) is 0 Å². The Kier molecular flexibility index (Phi) is 5.29. The highest BCUT2D eigenvalue weighted by Gasteiger charge is 2.18. The molecule has 0 saturated heterocycles. The molecule has 0 amide bonds. The summed E-state index contributed by atoms with van der Waals surface area (Å²) in [6.07, 6.45) is 1.02. The van der Waals surface area contributed by atoms with Gasteiger partial charge in [-0.05, 0) is 43.0 Å². The minimum atomic E-state index is 0.406. The number of hydrogen-bond donors (Lipinski definition) is 1. The third-order valence-corrected chi connectivity index (χ3v) is 3.40. The van der Waals surface area contributed by atoms with Crippen molar-refractivity contribution in [2.45, 2.75) is 26.2 Å². The van der Waals surface area contributed by atoms with Gasteiger partial charge in [0.15, 0.2) is 0 Å². The summed E-state index contributed by atoms with van der Waals surface area (Å²) >= 11 is 0. The summed E-state index contributed by atoms with van der Waals surface area (Å²) in [5, 5.41) is 0. The standard InChI is InChI=1S/C14H23NO2/c1-10(7-8-15)11(2)13-9-12(16-3)5-6-14(13)17-4/h5-6,9-11H,7-8,15H2,1-4H3. The van der Waals surface area contributed by atoms with E-state index in [0.29, 0.717) is 11.8 Å². The molecule has 17 heavy (non-hydrogen) atoms. The van der Waals surface area contributed by atoms with E-state index in [1.807, 2.05) is 12.1 Å². The number of ether oxygens (including phenoxy) is 2. The molecule has 0 aliphatic heterocycles. The Morgan fingerprint density at radius 1 is 1.18 bits per heavy atom. The van der Waals surface area contributed by atoms with Crippen LogP contribution in [0.2, 0.25) is 0 Å². The molecular weight excluding hydrogens is 214 g/mol. The molecule has 0 bridgehead atoms. The van der Waals surface area contributed by atoms with Crippen LogP contribution in [0, 0.1) is 5.92 Å². The van der Waals surface area contributed by atoms with E-state index in [2.05, 4.69) is 19.9 Å². The number of rotatable bonds is 6. The second-order valence-corrected chi connectivity index (χ2v) is 4.45. The Bertz CT molecular complexity index is 352. The largest absolute Gasteiger partial charge is 0.497 e. The molecule has 2 unspecified atom stereocenters. The fourth-order valence-corrected chi connectivity index (χ4v) is 2.01. The van der Waals surface area contributed by atoms with Crippen LogP contribution in [-0.2, 0) is 0 Å². The van der Waals surface area contributed by atoms with E-state index >= 15 is 0 Å². The molecule has 0 heterocycles. The molecule has 2 atom stereocenters. The summed E-state index contributed by atoms with van der Waals surface area (Å²) < 4.78 is 10.7. The van der Waals surface area contributed by atoms with Crippen molar-refractivity contribution in [3.05, 3.63) is 23.8 Å². The average Bonchev–Trinajstić information content (AvgIpc) is 2.37. The zero-order valence-electron chi connectivity index (χ0n) is 11.2.